The number of aromatic nitrogens is 1. The number of ketones is 1. The minimum atomic E-state index is -0.292. The highest BCUT2D eigenvalue weighted by atomic mass is 16.3. The second kappa shape index (κ2) is 8.03. The summed E-state index contributed by atoms with van der Waals surface area (Å²) in [6, 6.07) is 19.7. The molecule has 4 rings (SSSR count). The number of aromatic hydroxyl groups is 1. The molecule has 0 spiro atoms. The lowest BCUT2D eigenvalue weighted by Gasteiger charge is -2.14. The fourth-order valence-electron chi connectivity index (χ4n) is 3.51. The maximum Gasteiger partial charge on any atom is 0.265 e. The van der Waals surface area contributed by atoms with E-state index >= 15 is 0 Å². The smallest absolute Gasteiger partial charge is 0.265 e. The third-order valence-corrected chi connectivity index (χ3v) is 5.47. The number of rotatable bonds is 4. The maximum absolute atomic E-state index is 13.2. The summed E-state index contributed by atoms with van der Waals surface area (Å²) >= 11 is 0. The minimum Gasteiger partial charge on any atom is -0.494 e. The van der Waals surface area contributed by atoms with Gasteiger partial charge in [-0.15, -0.1) is 0 Å². The predicted molar refractivity (Wildman–Crippen MR) is 124 cm³/mol. The topological polar surface area (TPSA) is 71.7 Å². The molecule has 4 aromatic rings. The Morgan fingerprint density at radius 3 is 2.26 bits per heavy atom. The van der Waals surface area contributed by atoms with Crippen LogP contribution in [0.2, 0.25) is 0 Å². The van der Waals surface area contributed by atoms with E-state index in [1.165, 1.54) is 11.5 Å². The number of fused-ring (bicyclic) bond motifs is 1. The van der Waals surface area contributed by atoms with Gasteiger partial charge in [-0.05, 0) is 74.4 Å². The molecule has 0 amide bonds. The first-order chi connectivity index (χ1) is 14.9. The van der Waals surface area contributed by atoms with E-state index in [0.717, 1.165) is 11.1 Å². The number of carbonyl (C=O) groups excluding carboxylic acids is 1. The summed E-state index contributed by atoms with van der Waals surface area (Å²) in [5.41, 5.74) is 4.12. The molecule has 0 aliphatic carbocycles. The molecular weight excluding hydrogens is 388 g/mol. The Morgan fingerprint density at radius 2 is 1.61 bits per heavy atom. The lowest BCUT2D eigenvalue weighted by atomic mass is 10.1. The summed E-state index contributed by atoms with van der Waals surface area (Å²) in [4.78, 5) is 29.1. The number of hydrogen-bond acceptors (Lipinski definition) is 4. The van der Waals surface area contributed by atoms with Crippen LogP contribution in [0.25, 0.3) is 16.5 Å². The summed E-state index contributed by atoms with van der Waals surface area (Å²) in [5, 5.41) is 12.2. The number of nitrogens with zero attached hydrogens (tertiary/aromatic N) is 2. The van der Waals surface area contributed by atoms with Crippen LogP contribution in [0.15, 0.2) is 76.5 Å². The van der Waals surface area contributed by atoms with E-state index in [-0.39, 0.29) is 17.2 Å². The van der Waals surface area contributed by atoms with Gasteiger partial charge >= 0.3 is 0 Å². The molecule has 0 unspecified atom stereocenters. The van der Waals surface area contributed by atoms with Crippen molar-refractivity contribution in [2.75, 3.05) is 0 Å². The third kappa shape index (κ3) is 3.78. The number of aliphatic imine (C=N–C) groups is 1. The number of pyridine rings is 1. The zero-order chi connectivity index (χ0) is 22.1. The van der Waals surface area contributed by atoms with E-state index in [0.29, 0.717) is 33.3 Å². The summed E-state index contributed by atoms with van der Waals surface area (Å²) in [5.74, 6) is -0.185. The van der Waals surface area contributed by atoms with E-state index in [1.807, 2.05) is 38.1 Å². The highest BCUT2D eigenvalue weighted by Gasteiger charge is 2.16. The van der Waals surface area contributed by atoms with Crippen LogP contribution in [0, 0.1) is 13.8 Å². The van der Waals surface area contributed by atoms with Gasteiger partial charge in [0.1, 0.15) is 0 Å². The molecule has 3 aromatic carbocycles. The van der Waals surface area contributed by atoms with Crippen molar-refractivity contribution in [3.8, 4) is 11.6 Å². The maximum atomic E-state index is 13.2. The van der Waals surface area contributed by atoms with Crippen molar-refractivity contribution in [2.45, 2.75) is 20.8 Å². The summed E-state index contributed by atoms with van der Waals surface area (Å²) in [6.07, 6.45) is 1.55. The molecule has 0 bridgehead atoms. The fourth-order valence-corrected chi connectivity index (χ4v) is 3.51. The molecule has 0 atom stereocenters. The predicted octanol–water partition coefficient (Wildman–Crippen LogP) is 5.27. The van der Waals surface area contributed by atoms with Crippen molar-refractivity contribution in [3.63, 3.8) is 0 Å². The van der Waals surface area contributed by atoms with Crippen LogP contribution in [0.4, 0.5) is 5.69 Å². The first-order valence-corrected chi connectivity index (χ1v) is 9.96. The van der Waals surface area contributed by atoms with Crippen molar-refractivity contribution >= 4 is 28.5 Å². The van der Waals surface area contributed by atoms with Gasteiger partial charge in [0.25, 0.3) is 5.56 Å². The second-order valence-electron chi connectivity index (χ2n) is 7.55. The quantitative estimate of drug-likeness (QED) is 0.368. The number of benzene rings is 3. The van der Waals surface area contributed by atoms with Crippen LogP contribution in [0.3, 0.4) is 0 Å². The van der Waals surface area contributed by atoms with E-state index in [9.17, 15) is 14.7 Å². The molecule has 154 valence electrons. The van der Waals surface area contributed by atoms with Crippen molar-refractivity contribution in [2.24, 2.45) is 4.99 Å². The van der Waals surface area contributed by atoms with Crippen LogP contribution in [-0.2, 0) is 0 Å². The van der Waals surface area contributed by atoms with Gasteiger partial charge in [-0.1, -0.05) is 24.3 Å². The largest absolute Gasteiger partial charge is 0.494 e. The SMILES string of the molecule is CC(=O)c1ccc(N=Cc2c(O)n(-c3ccc(C)c(C)c3)c(=O)c3ccccc23)cc1. The highest BCUT2D eigenvalue weighted by molar-refractivity contribution is 6.02. The van der Waals surface area contributed by atoms with Crippen molar-refractivity contribution in [1.29, 1.82) is 0 Å². The number of hydrogen-bond donors (Lipinski definition) is 1. The molecule has 0 saturated heterocycles. The first kappa shape index (κ1) is 20.3. The fraction of sp³-hybridized carbons (Fsp3) is 0.115. The van der Waals surface area contributed by atoms with Crippen molar-refractivity contribution in [1.82, 2.24) is 4.57 Å². The van der Waals surface area contributed by atoms with E-state index in [2.05, 4.69) is 4.99 Å². The Bertz CT molecular complexity index is 1400. The molecule has 31 heavy (non-hydrogen) atoms. The zero-order valence-corrected chi connectivity index (χ0v) is 17.6. The molecule has 0 saturated carbocycles. The molecular formula is C26H22N2O3. The van der Waals surface area contributed by atoms with Crippen LogP contribution in [0.1, 0.15) is 34.0 Å². The molecule has 0 aliphatic heterocycles. The highest BCUT2D eigenvalue weighted by Crippen LogP contribution is 2.27. The van der Waals surface area contributed by atoms with Gasteiger partial charge in [0, 0.05) is 22.6 Å². The van der Waals surface area contributed by atoms with Crippen LogP contribution in [-0.4, -0.2) is 21.7 Å². The van der Waals surface area contributed by atoms with Crippen LogP contribution in [0.5, 0.6) is 5.88 Å². The van der Waals surface area contributed by atoms with Gasteiger partial charge < -0.3 is 5.11 Å². The summed E-state index contributed by atoms with van der Waals surface area (Å²) in [7, 11) is 0. The summed E-state index contributed by atoms with van der Waals surface area (Å²) < 4.78 is 1.31. The van der Waals surface area contributed by atoms with Crippen LogP contribution >= 0.6 is 0 Å². The molecule has 0 aliphatic rings. The second-order valence-corrected chi connectivity index (χ2v) is 7.55. The average Bonchev–Trinajstić information content (AvgIpc) is 2.76. The molecule has 0 radical (unpaired) electrons. The Hall–Kier alpha value is -3.99. The number of aryl methyl sites for hydroxylation is 2. The van der Waals surface area contributed by atoms with Gasteiger partial charge in [0.2, 0.25) is 5.88 Å². The lowest BCUT2D eigenvalue weighted by molar-refractivity contribution is 0.101. The molecule has 5 nitrogen and oxygen atoms in total. The number of carbonyl (C=O) groups is 1. The van der Waals surface area contributed by atoms with Crippen molar-refractivity contribution < 1.29 is 9.90 Å². The van der Waals surface area contributed by atoms with Crippen LogP contribution < -0.4 is 5.56 Å². The molecule has 5 heteroatoms. The third-order valence-electron chi connectivity index (χ3n) is 5.47. The van der Waals surface area contributed by atoms with E-state index < -0.39 is 0 Å². The molecule has 1 aromatic heterocycles. The van der Waals surface area contributed by atoms with E-state index in [1.54, 1.807) is 48.7 Å². The molecule has 1 heterocycles. The standard InChI is InChI=1S/C26H22N2O3/c1-16-8-13-21(14-17(16)2)28-25(30)23-7-5-4-6-22(23)24(26(28)31)15-27-20-11-9-19(10-12-20)18(3)29/h4-15,31H,1-3H3. The summed E-state index contributed by atoms with van der Waals surface area (Å²) in [6.45, 7) is 5.48. The van der Waals surface area contributed by atoms with E-state index in [4.69, 9.17) is 0 Å². The Morgan fingerprint density at radius 1 is 0.935 bits per heavy atom. The van der Waals surface area contributed by atoms with Gasteiger partial charge in [0.15, 0.2) is 5.78 Å². The van der Waals surface area contributed by atoms with Gasteiger partial charge in [-0.25, -0.2) is 4.57 Å². The minimum absolute atomic E-state index is 0.0142. The molecule has 1 N–H and O–H groups in total. The zero-order valence-electron chi connectivity index (χ0n) is 17.6. The van der Waals surface area contributed by atoms with Gasteiger partial charge in [0.05, 0.1) is 16.9 Å². The van der Waals surface area contributed by atoms with Crippen molar-refractivity contribution in [3.05, 3.63) is 99.3 Å². The average molecular weight is 410 g/mol. The molecule has 0 fully saturated rings. The normalized spacial score (nSPS) is 11.3. The first-order valence-electron chi connectivity index (χ1n) is 9.96. The van der Waals surface area contributed by atoms with Gasteiger partial charge in [-0.2, -0.15) is 0 Å². The Labute approximate surface area is 179 Å². The lowest BCUT2D eigenvalue weighted by Crippen LogP contribution is -2.20. The van der Waals surface area contributed by atoms with Gasteiger partial charge in [-0.3, -0.25) is 14.6 Å². The Balaban J connectivity index is 1.91. The number of Topliss-reactive ketones (excluding diaryl/α,β-unsaturated/α-hetero) is 1. The monoisotopic (exact) mass is 410 g/mol. The Kier molecular flexibility index (Phi) is 5.26.